The Balaban J connectivity index is 2.08. The summed E-state index contributed by atoms with van der Waals surface area (Å²) < 4.78 is 0. The summed E-state index contributed by atoms with van der Waals surface area (Å²) in [5, 5.41) is 0. The Hall–Kier alpha value is -1.12. The summed E-state index contributed by atoms with van der Waals surface area (Å²) >= 11 is 0. The molecule has 2 nitrogen and oxygen atoms in total. The Labute approximate surface area is 77.7 Å². The molecule has 1 aromatic rings. The van der Waals surface area contributed by atoms with Gasteiger partial charge in [0, 0.05) is 6.42 Å². The van der Waals surface area contributed by atoms with Crippen molar-refractivity contribution in [2.24, 2.45) is 0 Å². The van der Waals surface area contributed by atoms with Crippen LogP contribution in [0.5, 0.6) is 0 Å². The molecule has 68 valence electrons. The zero-order chi connectivity index (χ0) is 9.10. The van der Waals surface area contributed by atoms with Gasteiger partial charge in [0.25, 0.3) is 0 Å². The number of benzene rings is 1. The minimum atomic E-state index is 0.0326. The van der Waals surface area contributed by atoms with Crippen molar-refractivity contribution in [1.82, 2.24) is 0 Å². The molecule has 1 aromatic carbocycles. The molecular weight excluding hydrogens is 164 g/mol. The SMILES string of the molecule is C=C[C@@H]1C[C@@H](c2ccccc2)OO1. The van der Waals surface area contributed by atoms with Crippen molar-refractivity contribution in [2.75, 3.05) is 0 Å². The summed E-state index contributed by atoms with van der Waals surface area (Å²) in [5.74, 6) is 0. The molecule has 13 heavy (non-hydrogen) atoms. The molecule has 2 heteroatoms. The Morgan fingerprint density at radius 3 is 2.62 bits per heavy atom. The van der Waals surface area contributed by atoms with Gasteiger partial charge in [-0.25, -0.2) is 9.78 Å². The first-order valence-electron chi connectivity index (χ1n) is 4.40. The van der Waals surface area contributed by atoms with Gasteiger partial charge in [-0.05, 0) is 5.56 Å². The second-order valence-electron chi connectivity index (χ2n) is 3.10. The zero-order valence-corrected chi connectivity index (χ0v) is 7.35. The third-order valence-corrected chi connectivity index (χ3v) is 2.18. The minimum Gasteiger partial charge on any atom is -0.228 e. The second-order valence-corrected chi connectivity index (χ2v) is 3.10. The van der Waals surface area contributed by atoms with Crippen molar-refractivity contribution in [1.29, 1.82) is 0 Å². The van der Waals surface area contributed by atoms with E-state index in [4.69, 9.17) is 9.78 Å². The number of hydrogen-bond donors (Lipinski definition) is 0. The maximum absolute atomic E-state index is 5.17. The lowest BCUT2D eigenvalue weighted by Crippen LogP contribution is -1.98. The maximum Gasteiger partial charge on any atom is 0.121 e. The minimum absolute atomic E-state index is 0.0326. The van der Waals surface area contributed by atoms with Crippen LogP contribution in [-0.4, -0.2) is 6.10 Å². The van der Waals surface area contributed by atoms with Gasteiger partial charge in [0.1, 0.15) is 12.2 Å². The molecule has 0 radical (unpaired) electrons. The molecule has 0 amide bonds. The van der Waals surface area contributed by atoms with Crippen LogP contribution in [-0.2, 0) is 9.78 Å². The molecule has 0 N–H and O–H groups in total. The fourth-order valence-corrected chi connectivity index (χ4v) is 1.42. The summed E-state index contributed by atoms with van der Waals surface area (Å²) in [6.07, 6.45) is 2.71. The van der Waals surface area contributed by atoms with Crippen LogP contribution in [0.2, 0.25) is 0 Å². The summed E-state index contributed by atoms with van der Waals surface area (Å²) in [6.45, 7) is 3.67. The van der Waals surface area contributed by atoms with Gasteiger partial charge in [0.05, 0.1) is 0 Å². The maximum atomic E-state index is 5.17. The highest BCUT2D eigenvalue weighted by Gasteiger charge is 2.26. The van der Waals surface area contributed by atoms with Gasteiger partial charge in [-0.1, -0.05) is 36.4 Å². The lowest BCUT2D eigenvalue weighted by molar-refractivity contribution is -0.290. The van der Waals surface area contributed by atoms with Gasteiger partial charge in [-0.15, -0.1) is 6.58 Å². The number of rotatable bonds is 2. The summed E-state index contributed by atoms with van der Waals surface area (Å²) in [4.78, 5) is 10.2. The molecule has 2 atom stereocenters. The lowest BCUT2D eigenvalue weighted by atomic mass is 10.0. The van der Waals surface area contributed by atoms with E-state index < -0.39 is 0 Å². The highest BCUT2D eigenvalue weighted by molar-refractivity contribution is 5.18. The van der Waals surface area contributed by atoms with Gasteiger partial charge in [0.2, 0.25) is 0 Å². The van der Waals surface area contributed by atoms with Crippen LogP contribution < -0.4 is 0 Å². The fourth-order valence-electron chi connectivity index (χ4n) is 1.42. The van der Waals surface area contributed by atoms with E-state index in [0.717, 1.165) is 12.0 Å². The Morgan fingerprint density at radius 1 is 1.23 bits per heavy atom. The first kappa shape index (κ1) is 8.48. The standard InChI is InChI=1S/C11H12O2/c1-2-10-8-11(13-12-10)9-6-4-3-5-7-9/h2-7,10-11H,1,8H2/t10-,11+/m1/s1. The molecule has 1 saturated heterocycles. The lowest BCUT2D eigenvalue weighted by Gasteiger charge is -2.05. The van der Waals surface area contributed by atoms with E-state index in [2.05, 4.69) is 6.58 Å². The van der Waals surface area contributed by atoms with Crippen LogP contribution in [0.25, 0.3) is 0 Å². The van der Waals surface area contributed by atoms with Crippen LogP contribution >= 0.6 is 0 Å². The fraction of sp³-hybridized carbons (Fsp3) is 0.273. The van der Waals surface area contributed by atoms with Crippen molar-refractivity contribution in [3.63, 3.8) is 0 Å². The van der Waals surface area contributed by atoms with Gasteiger partial charge < -0.3 is 0 Å². The molecule has 0 bridgehead atoms. The van der Waals surface area contributed by atoms with Crippen molar-refractivity contribution >= 4 is 0 Å². The highest BCUT2D eigenvalue weighted by Crippen LogP contribution is 2.30. The second kappa shape index (κ2) is 3.73. The van der Waals surface area contributed by atoms with E-state index in [0.29, 0.717) is 0 Å². The molecule has 0 aliphatic carbocycles. The van der Waals surface area contributed by atoms with E-state index in [9.17, 15) is 0 Å². The van der Waals surface area contributed by atoms with Gasteiger partial charge in [-0.2, -0.15) is 0 Å². The predicted molar refractivity (Wildman–Crippen MR) is 50.0 cm³/mol. The van der Waals surface area contributed by atoms with Crippen LogP contribution in [0.4, 0.5) is 0 Å². The predicted octanol–water partition coefficient (Wildman–Crippen LogP) is 2.63. The Morgan fingerprint density at radius 2 is 2.00 bits per heavy atom. The van der Waals surface area contributed by atoms with E-state index in [-0.39, 0.29) is 12.2 Å². The molecular formula is C11H12O2. The highest BCUT2D eigenvalue weighted by atomic mass is 17.2. The van der Waals surface area contributed by atoms with Gasteiger partial charge in [0.15, 0.2) is 0 Å². The molecule has 2 rings (SSSR count). The van der Waals surface area contributed by atoms with Crippen LogP contribution in [0, 0.1) is 0 Å². The van der Waals surface area contributed by atoms with Crippen molar-refractivity contribution in [2.45, 2.75) is 18.6 Å². The summed E-state index contributed by atoms with van der Waals surface area (Å²) in [6, 6.07) is 10.1. The topological polar surface area (TPSA) is 18.5 Å². The van der Waals surface area contributed by atoms with Gasteiger partial charge in [-0.3, -0.25) is 0 Å². The zero-order valence-electron chi connectivity index (χ0n) is 7.35. The first-order valence-corrected chi connectivity index (χ1v) is 4.40. The first-order chi connectivity index (χ1) is 6.40. The molecule has 0 saturated carbocycles. The van der Waals surface area contributed by atoms with Gasteiger partial charge >= 0.3 is 0 Å². The van der Waals surface area contributed by atoms with E-state index in [1.165, 1.54) is 0 Å². The van der Waals surface area contributed by atoms with Crippen LogP contribution in [0.1, 0.15) is 18.1 Å². The molecule has 0 unspecified atom stereocenters. The van der Waals surface area contributed by atoms with Crippen molar-refractivity contribution in [3.8, 4) is 0 Å². The van der Waals surface area contributed by atoms with E-state index in [1.807, 2.05) is 30.3 Å². The Kier molecular flexibility index (Phi) is 2.43. The normalized spacial score (nSPS) is 27.4. The average molecular weight is 176 g/mol. The smallest absolute Gasteiger partial charge is 0.121 e. The monoisotopic (exact) mass is 176 g/mol. The van der Waals surface area contributed by atoms with E-state index >= 15 is 0 Å². The third kappa shape index (κ3) is 1.79. The number of hydrogen-bond acceptors (Lipinski definition) is 2. The van der Waals surface area contributed by atoms with Crippen LogP contribution in [0.3, 0.4) is 0 Å². The van der Waals surface area contributed by atoms with E-state index in [1.54, 1.807) is 6.08 Å². The summed E-state index contributed by atoms with van der Waals surface area (Å²) in [5.41, 5.74) is 1.16. The molecule has 1 heterocycles. The largest absolute Gasteiger partial charge is 0.228 e. The quantitative estimate of drug-likeness (QED) is 0.509. The molecule has 1 aliphatic heterocycles. The molecule has 0 spiro atoms. The molecule has 0 aromatic heterocycles. The third-order valence-electron chi connectivity index (χ3n) is 2.18. The Bertz CT molecular complexity index is 281. The van der Waals surface area contributed by atoms with Crippen molar-refractivity contribution < 1.29 is 9.78 Å². The molecule has 1 fully saturated rings. The molecule has 1 aliphatic rings. The van der Waals surface area contributed by atoms with Crippen molar-refractivity contribution in [3.05, 3.63) is 48.6 Å². The summed E-state index contributed by atoms with van der Waals surface area (Å²) in [7, 11) is 0. The van der Waals surface area contributed by atoms with Crippen LogP contribution in [0.15, 0.2) is 43.0 Å². The average Bonchev–Trinajstić information content (AvgIpc) is 2.67.